The molecule has 3 nitrogen and oxygen atoms in total. The van der Waals surface area contributed by atoms with E-state index in [1.54, 1.807) is 0 Å². The zero-order chi connectivity index (χ0) is 15.3. The highest BCUT2D eigenvalue weighted by Crippen LogP contribution is 2.35. The van der Waals surface area contributed by atoms with E-state index < -0.39 is 0 Å². The first-order chi connectivity index (χ1) is 10.0. The van der Waals surface area contributed by atoms with Gasteiger partial charge in [0.2, 0.25) is 0 Å². The van der Waals surface area contributed by atoms with Crippen molar-refractivity contribution in [3.63, 3.8) is 0 Å². The molecular formula is C16H24Br2O3. The summed E-state index contributed by atoms with van der Waals surface area (Å²) in [6.45, 7) is 4.18. The summed E-state index contributed by atoms with van der Waals surface area (Å²) >= 11 is 6.81. The van der Waals surface area contributed by atoms with E-state index in [0.717, 1.165) is 55.1 Å². The van der Waals surface area contributed by atoms with E-state index in [9.17, 15) is 4.79 Å². The van der Waals surface area contributed by atoms with Crippen molar-refractivity contribution < 1.29 is 14.3 Å². The topological polar surface area (TPSA) is 35.5 Å². The molecule has 0 aromatic heterocycles. The number of rotatable bonds is 6. The molecule has 0 radical (unpaired) electrons. The Kier molecular flexibility index (Phi) is 6.76. The Balaban J connectivity index is 1.73. The second-order valence-electron chi connectivity index (χ2n) is 6.42. The molecule has 21 heavy (non-hydrogen) atoms. The van der Waals surface area contributed by atoms with Crippen LogP contribution in [0.15, 0.2) is 9.47 Å². The zero-order valence-electron chi connectivity index (χ0n) is 12.6. The number of carbonyl (C=O) groups is 1. The van der Waals surface area contributed by atoms with Crippen molar-refractivity contribution in [1.29, 1.82) is 0 Å². The molecule has 1 aliphatic heterocycles. The summed E-state index contributed by atoms with van der Waals surface area (Å²) in [5.74, 6) is 0.649. The van der Waals surface area contributed by atoms with Crippen molar-refractivity contribution >= 4 is 37.8 Å². The van der Waals surface area contributed by atoms with E-state index in [1.165, 1.54) is 0 Å². The molecule has 0 atom stereocenters. The summed E-state index contributed by atoms with van der Waals surface area (Å²) in [4.78, 5) is 12.2. The van der Waals surface area contributed by atoms with Gasteiger partial charge in [0, 0.05) is 0 Å². The Hall–Kier alpha value is 0.130. The fraction of sp³-hybridized carbons (Fsp3) is 0.812. The monoisotopic (exact) mass is 422 g/mol. The molecule has 0 bridgehead atoms. The summed E-state index contributed by atoms with van der Waals surface area (Å²) in [5, 5.41) is 0. The van der Waals surface area contributed by atoms with Crippen LogP contribution in [-0.2, 0) is 14.3 Å². The van der Waals surface area contributed by atoms with Gasteiger partial charge < -0.3 is 9.47 Å². The van der Waals surface area contributed by atoms with Crippen molar-refractivity contribution in [3.8, 4) is 0 Å². The van der Waals surface area contributed by atoms with Crippen molar-refractivity contribution in [3.05, 3.63) is 9.47 Å². The third-order valence-corrected chi connectivity index (χ3v) is 5.11. The number of hydrogen-bond acceptors (Lipinski definition) is 3. The molecule has 120 valence electrons. The van der Waals surface area contributed by atoms with Crippen LogP contribution in [0.3, 0.4) is 0 Å². The molecule has 2 rings (SSSR count). The highest BCUT2D eigenvalue weighted by molar-refractivity contribution is 9.28. The lowest BCUT2D eigenvalue weighted by Crippen LogP contribution is -2.47. The summed E-state index contributed by atoms with van der Waals surface area (Å²) < 4.78 is 11.9. The van der Waals surface area contributed by atoms with Gasteiger partial charge >= 0.3 is 5.97 Å². The standard InChI is InChI=1S/C16H24Br2O3/c1-2-7-16(9-20-10-16)11-21-15(19)13-5-3-12(4-6-13)8-14(17)18/h8,12-13H,2-7,9-11H2,1H3. The maximum Gasteiger partial charge on any atom is 0.308 e. The fourth-order valence-corrected chi connectivity index (χ4v) is 4.01. The highest BCUT2D eigenvalue weighted by atomic mass is 79.9. The van der Waals surface area contributed by atoms with E-state index in [4.69, 9.17) is 9.47 Å². The quantitative estimate of drug-likeness (QED) is 0.576. The lowest BCUT2D eigenvalue weighted by atomic mass is 9.81. The number of allylic oxidation sites excluding steroid dienone is 1. The van der Waals surface area contributed by atoms with E-state index >= 15 is 0 Å². The lowest BCUT2D eigenvalue weighted by molar-refractivity contribution is -0.175. The lowest BCUT2D eigenvalue weighted by Gasteiger charge is -2.41. The van der Waals surface area contributed by atoms with Crippen molar-refractivity contribution in [2.45, 2.75) is 45.4 Å². The van der Waals surface area contributed by atoms with Crippen molar-refractivity contribution in [2.75, 3.05) is 19.8 Å². The van der Waals surface area contributed by atoms with Gasteiger partial charge in [-0.25, -0.2) is 0 Å². The normalized spacial score (nSPS) is 27.6. The SMILES string of the molecule is CCCC1(COC(=O)C2CCC(C=C(Br)Br)CC2)COC1. The number of esters is 1. The Morgan fingerprint density at radius 1 is 1.29 bits per heavy atom. The molecule has 0 aromatic carbocycles. The van der Waals surface area contributed by atoms with Gasteiger partial charge in [0.15, 0.2) is 0 Å². The molecule has 2 fully saturated rings. The zero-order valence-corrected chi connectivity index (χ0v) is 15.7. The predicted molar refractivity (Wildman–Crippen MR) is 90.5 cm³/mol. The van der Waals surface area contributed by atoms with E-state index in [0.29, 0.717) is 12.5 Å². The van der Waals surface area contributed by atoms with Crippen LogP contribution >= 0.6 is 31.9 Å². The predicted octanol–water partition coefficient (Wildman–Crippen LogP) is 4.78. The molecule has 2 aliphatic rings. The number of carbonyl (C=O) groups excluding carboxylic acids is 1. The Morgan fingerprint density at radius 3 is 2.43 bits per heavy atom. The molecule has 1 heterocycles. The van der Waals surface area contributed by atoms with Crippen LogP contribution in [0, 0.1) is 17.3 Å². The number of hydrogen-bond donors (Lipinski definition) is 0. The minimum atomic E-state index is -0.00212. The van der Waals surface area contributed by atoms with E-state index in [1.807, 2.05) is 0 Å². The Labute approximate surface area is 144 Å². The third kappa shape index (κ3) is 5.07. The van der Waals surface area contributed by atoms with Gasteiger partial charge in [-0.3, -0.25) is 4.79 Å². The first kappa shape index (κ1) is 17.5. The minimum Gasteiger partial charge on any atom is -0.465 e. The van der Waals surface area contributed by atoms with Crippen LogP contribution in [-0.4, -0.2) is 25.8 Å². The molecule has 0 spiro atoms. The number of halogens is 2. The van der Waals surface area contributed by atoms with Gasteiger partial charge in [-0.15, -0.1) is 0 Å². The van der Waals surface area contributed by atoms with Gasteiger partial charge in [0.05, 0.1) is 27.9 Å². The van der Waals surface area contributed by atoms with Crippen LogP contribution in [0.2, 0.25) is 0 Å². The summed E-state index contributed by atoms with van der Waals surface area (Å²) in [5.41, 5.74) is 0.102. The molecule has 0 aromatic rings. The second-order valence-corrected chi connectivity index (χ2v) is 9.19. The minimum absolute atomic E-state index is 0.00212. The smallest absolute Gasteiger partial charge is 0.308 e. The average Bonchev–Trinajstić information content (AvgIpc) is 2.41. The van der Waals surface area contributed by atoms with Crippen LogP contribution in [0.4, 0.5) is 0 Å². The molecule has 1 aliphatic carbocycles. The van der Waals surface area contributed by atoms with Gasteiger partial charge in [-0.2, -0.15) is 0 Å². The highest BCUT2D eigenvalue weighted by Gasteiger charge is 2.39. The number of ether oxygens (including phenoxy) is 2. The molecule has 5 heteroatoms. The van der Waals surface area contributed by atoms with Gasteiger partial charge in [-0.05, 0) is 69.9 Å². The van der Waals surface area contributed by atoms with Crippen molar-refractivity contribution in [1.82, 2.24) is 0 Å². The molecule has 1 saturated carbocycles. The average molecular weight is 424 g/mol. The van der Waals surface area contributed by atoms with Gasteiger partial charge in [0.1, 0.15) is 6.61 Å². The molecule has 0 amide bonds. The molecule has 1 saturated heterocycles. The van der Waals surface area contributed by atoms with Crippen LogP contribution < -0.4 is 0 Å². The van der Waals surface area contributed by atoms with Crippen LogP contribution in [0.25, 0.3) is 0 Å². The first-order valence-corrected chi connectivity index (χ1v) is 9.40. The summed E-state index contributed by atoms with van der Waals surface area (Å²) in [6.07, 6.45) is 8.36. The maximum atomic E-state index is 12.2. The molecule has 0 unspecified atom stereocenters. The van der Waals surface area contributed by atoms with E-state index in [2.05, 4.69) is 44.9 Å². The Bertz CT molecular complexity index is 379. The van der Waals surface area contributed by atoms with Gasteiger partial charge in [0.25, 0.3) is 0 Å². The summed E-state index contributed by atoms with van der Waals surface area (Å²) in [7, 11) is 0. The second kappa shape index (κ2) is 8.11. The first-order valence-electron chi connectivity index (χ1n) is 7.82. The van der Waals surface area contributed by atoms with Crippen LogP contribution in [0.1, 0.15) is 45.4 Å². The van der Waals surface area contributed by atoms with Crippen molar-refractivity contribution in [2.24, 2.45) is 17.3 Å². The summed E-state index contributed by atoms with van der Waals surface area (Å²) in [6, 6.07) is 0. The third-order valence-electron chi connectivity index (χ3n) is 4.58. The fourth-order valence-electron chi connectivity index (χ4n) is 3.26. The van der Waals surface area contributed by atoms with Gasteiger partial charge in [-0.1, -0.05) is 19.4 Å². The van der Waals surface area contributed by atoms with E-state index in [-0.39, 0.29) is 17.3 Å². The Morgan fingerprint density at radius 2 is 1.95 bits per heavy atom. The largest absolute Gasteiger partial charge is 0.465 e. The maximum absolute atomic E-state index is 12.2. The molecule has 0 N–H and O–H groups in total. The van der Waals surface area contributed by atoms with Crippen LogP contribution in [0.5, 0.6) is 0 Å². The molecular weight excluding hydrogens is 400 g/mol.